The average Bonchev–Trinajstić information content (AvgIpc) is 3.50. The molecule has 1 fully saturated rings. The van der Waals surface area contributed by atoms with E-state index in [4.69, 9.17) is 0 Å². The number of thiophene rings is 1. The summed E-state index contributed by atoms with van der Waals surface area (Å²) in [5, 5.41) is 5.25. The maximum Gasteiger partial charge on any atom is 0.413 e. The normalized spacial score (nSPS) is 18.1. The third-order valence-electron chi connectivity index (χ3n) is 5.92. The Bertz CT molecular complexity index is 1200. The number of rotatable bonds is 5. The minimum absolute atomic E-state index is 0.140. The number of imide groups is 1. The van der Waals surface area contributed by atoms with Gasteiger partial charge in [-0.1, -0.05) is 17.7 Å². The Morgan fingerprint density at radius 2 is 1.85 bits per heavy atom. The zero-order valence-electron chi connectivity index (χ0n) is 18.3. The van der Waals surface area contributed by atoms with Gasteiger partial charge in [-0.3, -0.25) is 14.9 Å². The number of hydrogen-bond donors (Lipinski definition) is 2. The van der Waals surface area contributed by atoms with Crippen LogP contribution in [0.5, 0.6) is 0 Å². The number of anilines is 1. The van der Waals surface area contributed by atoms with Crippen molar-refractivity contribution >= 4 is 44.3 Å². The molecule has 2 aromatic rings. The molecule has 3 amide bonds. The zero-order valence-corrected chi connectivity index (χ0v) is 20.0. The van der Waals surface area contributed by atoms with Gasteiger partial charge in [-0.05, 0) is 56.7 Å². The third kappa shape index (κ3) is 4.53. The van der Waals surface area contributed by atoms with Crippen molar-refractivity contribution in [1.82, 2.24) is 9.62 Å². The number of benzene rings is 1. The highest BCUT2D eigenvalue weighted by Crippen LogP contribution is 2.39. The number of methoxy groups -OCH3 is 1. The number of nitrogens with one attached hydrogen (secondary N) is 2. The minimum Gasteiger partial charge on any atom is -0.453 e. The van der Waals surface area contributed by atoms with Crippen LogP contribution in [0, 0.1) is 6.92 Å². The van der Waals surface area contributed by atoms with E-state index in [0.717, 1.165) is 36.0 Å². The number of carbonyl (C=O) groups is 3. The lowest BCUT2D eigenvalue weighted by Crippen LogP contribution is -2.43. The van der Waals surface area contributed by atoms with Crippen LogP contribution >= 0.6 is 11.3 Å². The molecule has 0 radical (unpaired) electrons. The molecule has 1 saturated heterocycles. The highest BCUT2D eigenvalue weighted by molar-refractivity contribution is 7.89. The molecule has 1 aliphatic carbocycles. The van der Waals surface area contributed by atoms with Crippen LogP contribution in [-0.2, 0) is 32.4 Å². The fourth-order valence-corrected chi connectivity index (χ4v) is 7.22. The lowest BCUT2D eigenvalue weighted by atomic mass is 10.1. The number of hydrogen-bond acceptors (Lipinski definition) is 7. The van der Waals surface area contributed by atoms with Gasteiger partial charge in [0.2, 0.25) is 15.9 Å². The SMILES string of the molecule is COC(=O)NC(=O)c1c(NC(=O)C2CCCN2S(=O)(=O)c2ccc(C)cc2)sc2c1CCC2. The van der Waals surface area contributed by atoms with Crippen LogP contribution in [0.15, 0.2) is 29.2 Å². The van der Waals surface area contributed by atoms with Crippen molar-refractivity contribution in [3.05, 3.63) is 45.8 Å². The van der Waals surface area contributed by atoms with Gasteiger partial charge in [0.15, 0.2) is 0 Å². The van der Waals surface area contributed by atoms with E-state index in [1.54, 1.807) is 12.1 Å². The van der Waals surface area contributed by atoms with Crippen LogP contribution in [0.2, 0.25) is 0 Å². The van der Waals surface area contributed by atoms with E-state index >= 15 is 0 Å². The first-order valence-corrected chi connectivity index (χ1v) is 12.9. The van der Waals surface area contributed by atoms with Crippen molar-refractivity contribution in [2.75, 3.05) is 19.0 Å². The summed E-state index contributed by atoms with van der Waals surface area (Å²) in [5.74, 6) is -1.14. The molecule has 9 nitrogen and oxygen atoms in total. The lowest BCUT2D eigenvalue weighted by Gasteiger charge is -2.23. The van der Waals surface area contributed by atoms with Crippen LogP contribution in [0.4, 0.5) is 9.80 Å². The summed E-state index contributed by atoms with van der Waals surface area (Å²) in [4.78, 5) is 38.6. The minimum atomic E-state index is -3.85. The number of nitrogens with zero attached hydrogens (tertiary/aromatic N) is 1. The first kappa shape index (κ1) is 23.4. The van der Waals surface area contributed by atoms with Crippen molar-refractivity contribution in [1.29, 1.82) is 0 Å². The number of sulfonamides is 1. The molecular formula is C22H25N3O6S2. The van der Waals surface area contributed by atoms with Gasteiger partial charge < -0.3 is 10.1 Å². The van der Waals surface area contributed by atoms with E-state index in [1.807, 2.05) is 6.92 Å². The van der Waals surface area contributed by atoms with Crippen LogP contribution in [0.1, 0.15) is 45.6 Å². The van der Waals surface area contributed by atoms with E-state index in [2.05, 4.69) is 15.4 Å². The number of aryl methyl sites for hydroxylation is 2. The molecule has 1 aromatic carbocycles. The second-order valence-electron chi connectivity index (χ2n) is 8.08. The van der Waals surface area contributed by atoms with E-state index in [-0.39, 0.29) is 17.0 Å². The summed E-state index contributed by atoms with van der Waals surface area (Å²) in [6.07, 6.45) is 2.39. The van der Waals surface area contributed by atoms with Gasteiger partial charge in [-0.2, -0.15) is 4.31 Å². The third-order valence-corrected chi connectivity index (χ3v) is 9.05. The summed E-state index contributed by atoms with van der Waals surface area (Å²) >= 11 is 1.29. The molecular weight excluding hydrogens is 466 g/mol. The Morgan fingerprint density at radius 3 is 2.55 bits per heavy atom. The molecule has 0 bridgehead atoms. The van der Waals surface area contributed by atoms with Gasteiger partial charge >= 0.3 is 6.09 Å². The molecule has 2 heterocycles. The maximum atomic E-state index is 13.2. The van der Waals surface area contributed by atoms with Crippen LogP contribution in [0.3, 0.4) is 0 Å². The van der Waals surface area contributed by atoms with E-state index in [9.17, 15) is 22.8 Å². The fourth-order valence-electron chi connectivity index (χ4n) is 4.27. The Morgan fingerprint density at radius 1 is 1.12 bits per heavy atom. The van der Waals surface area contributed by atoms with E-state index in [0.29, 0.717) is 24.3 Å². The largest absolute Gasteiger partial charge is 0.453 e. The van der Waals surface area contributed by atoms with Crippen molar-refractivity contribution in [3.8, 4) is 0 Å². The zero-order chi connectivity index (χ0) is 23.8. The maximum absolute atomic E-state index is 13.2. The summed E-state index contributed by atoms with van der Waals surface area (Å²) in [7, 11) is -2.69. The first-order valence-electron chi connectivity index (χ1n) is 10.7. The van der Waals surface area contributed by atoms with Crippen LogP contribution in [-0.4, -0.2) is 50.3 Å². The molecule has 2 aliphatic rings. The summed E-state index contributed by atoms with van der Waals surface area (Å²) in [6.45, 7) is 2.11. The molecule has 11 heteroatoms. The number of amides is 3. The summed E-state index contributed by atoms with van der Waals surface area (Å²) < 4.78 is 32.1. The second-order valence-corrected chi connectivity index (χ2v) is 11.1. The van der Waals surface area contributed by atoms with Gasteiger partial charge in [0.1, 0.15) is 11.0 Å². The van der Waals surface area contributed by atoms with Crippen LogP contribution in [0.25, 0.3) is 0 Å². The molecule has 0 spiro atoms. The Balaban J connectivity index is 1.59. The van der Waals surface area contributed by atoms with Crippen molar-refractivity contribution in [3.63, 3.8) is 0 Å². The molecule has 1 unspecified atom stereocenters. The molecule has 2 N–H and O–H groups in total. The standard InChI is InChI=1S/C22H25N3O6S2/c1-13-8-10-14(11-9-13)33(29,30)25-12-4-6-16(25)19(26)23-21-18(20(27)24-22(28)31-2)15-5-3-7-17(15)32-21/h8-11,16H,3-7,12H2,1-2H3,(H,23,26)(H,24,27,28). The Kier molecular flexibility index (Phi) is 6.55. The number of carbonyl (C=O) groups excluding carboxylic acids is 3. The molecule has 1 aliphatic heterocycles. The monoisotopic (exact) mass is 491 g/mol. The molecule has 33 heavy (non-hydrogen) atoms. The van der Waals surface area contributed by atoms with Crippen molar-refractivity contribution in [2.24, 2.45) is 0 Å². The average molecular weight is 492 g/mol. The Hall–Kier alpha value is -2.76. The van der Waals surface area contributed by atoms with Crippen molar-refractivity contribution in [2.45, 2.75) is 50.0 Å². The molecule has 1 aromatic heterocycles. The summed E-state index contributed by atoms with van der Waals surface area (Å²) in [6, 6.07) is 5.63. The number of ether oxygens (including phenoxy) is 1. The van der Waals surface area contributed by atoms with Gasteiger partial charge in [0.25, 0.3) is 5.91 Å². The predicted octanol–water partition coefficient (Wildman–Crippen LogP) is 2.83. The highest BCUT2D eigenvalue weighted by atomic mass is 32.2. The summed E-state index contributed by atoms with van der Waals surface area (Å²) in [5.41, 5.74) is 2.00. The van der Waals surface area contributed by atoms with E-state index < -0.39 is 34.0 Å². The lowest BCUT2D eigenvalue weighted by molar-refractivity contribution is -0.119. The quantitative estimate of drug-likeness (QED) is 0.663. The van der Waals surface area contributed by atoms with Crippen molar-refractivity contribution < 1.29 is 27.5 Å². The smallest absolute Gasteiger partial charge is 0.413 e. The first-order chi connectivity index (χ1) is 15.7. The highest BCUT2D eigenvalue weighted by Gasteiger charge is 2.40. The number of fused-ring (bicyclic) bond motifs is 1. The fraction of sp³-hybridized carbons (Fsp3) is 0.409. The van der Waals surface area contributed by atoms with Gasteiger partial charge in [-0.25, -0.2) is 13.2 Å². The molecule has 4 rings (SSSR count). The molecule has 176 valence electrons. The van der Waals surface area contributed by atoms with Crippen LogP contribution < -0.4 is 10.6 Å². The molecule has 0 saturated carbocycles. The topological polar surface area (TPSA) is 122 Å². The van der Waals surface area contributed by atoms with Gasteiger partial charge in [-0.15, -0.1) is 11.3 Å². The molecule has 1 atom stereocenters. The Labute approximate surface area is 196 Å². The predicted molar refractivity (Wildman–Crippen MR) is 123 cm³/mol. The van der Waals surface area contributed by atoms with Gasteiger partial charge in [0.05, 0.1) is 17.6 Å². The van der Waals surface area contributed by atoms with Gasteiger partial charge in [0, 0.05) is 11.4 Å². The number of alkyl carbamates (subject to hydrolysis) is 1. The second kappa shape index (κ2) is 9.24. The van der Waals surface area contributed by atoms with E-state index in [1.165, 1.54) is 27.8 Å².